The maximum Gasteiger partial charge on any atom is 0.307 e. The molecule has 0 aromatic rings. The molecule has 0 atom stereocenters. The van der Waals surface area contributed by atoms with E-state index in [9.17, 15) is 19.2 Å². The number of ether oxygens (including phenoxy) is 5. The van der Waals surface area contributed by atoms with Crippen LogP contribution in [0.3, 0.4) is 0 Å². The van der Waals surface area contributed by atoms with Crippen molar-refractivity contribution >= 4 is 23.9 Å². The average Bonchev–Trinajstić information content (AvgIpc) is 3.15. The predicted octanol–water partition coefficient (Wildman–Crippen LogP) is 1.44. The fraction of sp³-hybridized carbons (Fsp3) is 0.895. The molecule has 15 nitrogen and oxygen atoms in total. The number of methoxy groups -OCH3 is 1. The molecule has 0 amide bonds. The number of hydrogen-bond donors (Lipinski definition) is 0. The van der Waals surface area contributed by atoms with E-state index in [1.165, 1.54) is 0 Å². The summed E-state index contributed by atoms with van der Waals surface area (Å²) in [6.45, 7) is 17.8. The first-order valence-corrected chi connectivity index (χ1v) is 20.1. The summed E-state index contributed by atoms with van der Waals surface area (Å²) in [5, 5.41) is 0. The molecule has 0 bridgehead atoms. The summed E-state index contributed by atoms with van der Waals surface area (Å²) in [6, 6.07) is 0. The number of carbonyl (C=O) groups excluding carboxylic acids is 4. The molecule has 308 valence electrons. The van der Waals surface area contributed by atoms with Crippen molar-refractivity contribution < 1.29 is 42.9 Å². The monoisotopic (exact) mass is 757 g/mol. The van der Waals surface area contributed by atoms with Gasteiger partial charge in [-0.15, -0.1) is 0 Å². The van der Waals surface area contributed by atoms with Crippen LogP contribution in [0, 0.1) is 0 Å². The molecule has 2 rings (SSSR count). The van der Waals surface area contributed by atoms with Crippen molar-refractivity contribution in [1.82, 2.24) is 29.4 Å². The highest BCUT2D eigenvalue weighted by molar-refractivity contribution is 5.71. The summed E-state index contributed by atoms with van der Waals surface area (Å²) >= 11 is 0. The molecule has 0 radical (unpaired) electrons. The second-order valence-electron chi connectivity index (χ2n) is 14.3. The summed E-state index contributed by atoms with van der Waals surface area (Å²) in [4.78, 5) is 63.2. The van der Waals surface area contributed by atoms with Crippen LogP contribution in [0.25, 0.3) is 0 Å². The minimum atomic E-state index is -0.278. The van der Waals surface area contributed by atoms with E-state index >= 15 is 0 Å². The molecule has 0 aromatic carbocycles. The lowest BCUT2D eigenvalue weighted by Crippen LogP contribution is -2.45. The largest absolute Gasteiger partial charge is 0.466 e. The molecule has 2 fully saturated rings. The van der Waals surface area contributed by atoms with E-state index in [4.69, 9.17) is 23.7 Å². The first-order chi connectivity index (χ1) is 25.7. The zero-order valence-corrected chi connectivity index (χ0v) is 33.6. The highest BCUT2D eigenvalue weighted by atomic mass is 16.6. The van der Waals surface area contributed by atoms with Crippen LogP contribution in [-0.4, -0.2) is 212 Å². The van der Waals surface area contributed by atoms with E-state index in [0.717, 1.165) is 97.8 Å². The second kappa shape index (κ2) is 29.9. The Morgan fingerprint density at radius 3 is 1.19 bits per heavy atom. The fourth-order valence-electron chi connectivity index (χ4n) is 6.17. The van der Waals surface area contributed by atoms with Crippen molar-refractivity contribution in [3.63, 3.8) is 0 Å². The number of hydrogen-bond acceptors (Lipinski definition) is 15. The normalized spacial score (nSPS) is 16.3. The first-order valence-electron chi connectivity index (χ1n) is 20.1. The third-order valence-electron chi connectivity index (χ3n) is 9.70. The Balaban J connectivity index is 1.63. The van der Waals surface area contributed by atoms with Gasteiger partial charge in [-0.1, -0.05) is 6.92 Å². The molecule has 0 saturated carbocycles. The molecule has 2 aliphatic rings. The van der Waals surface area contributed by atoms with Crippen LogP contribution in [0.5, 0.6) is 0 Å². The van der Waals surface area contributed by atoms with E-state index in [2.05, 4.69) is 43.5 Å². The summed E-state index contributed by atoms with van der Waals surface area (Å²) in [7, 11) is 5.86. The minimum absolute atomic E-state index is 0.204. The number of likely N-dealkylation sites (N-methyl/N-ethyl adjacent to an activating group) is 2. The molecule has 0 N–H and O–H groups in total. The zero-order chi connectivity index (χ0) is 38.5. The van der Waals surface area contributed by atoms with Gasteiger partial charge < -0.3 is 53.1 Å². The van der Waals surface area contributed by atoms with Gasteiger partial charge in [-0.2, -0.15) is 0 Å². The van der Waals surface area contributed by atoms with Crippen LogP contribution < -0.4 is 0 Å². The lowest BCUT2D eigenvalue weighted by Gasteiger charge is -2.33. The van der Waals surface area contributed by atoms with Crippen molar-refractivity contribution in [3.05, 3.63) is 0 Å². The lowest BCUT2D eigenvalue weighted by molar-refractivity contribution is -0.147. The Morgan fingerprint density at radius 2 is 0.830 bits per heavy atom. The van der Waals surface area contributed by atoms with E-state index in [1.807, 2.05) is 6.92 Å². The van der Waals surface area contributed by atoms with Gasteiger partial charge in [0, 0.05) is 85.6 Å². The molecule has 2 aliphatic heterocycles. The van der Waals surface area contributed by atoms with E-state index < -0.39 is 0 Å². The Bertz CT molecular complexity index is 993. The van der Waals surface area contributed by atoms with Crippen LogP contribution >= 0.6 is 0 Å². The fourth-order valence-corrected chi connectivity index (χ4v) is 6.17. The number of carbonyl (C=O) groups is 4. The Morgan fingerprint density at radius 1 is 0.472 bits per heavy atom. The number of rotatable bonds is 30. The first kappa shape index (κ1) is 46.8. The highest BCUT2D eigenvalue weighted by Gasteiger charge is 2.18. The van der Waals surface area contributed by atoms with Gasteiger partial charge in [-0.05, 0) is 72.4 Å². The van der Waals surface area contributed by atoms with Gasteiger partial charge in [0.05, 0.1) is 52.1 Å². The van der Waals surface area contributed by atoms with Gasteiger partial charge in [-0.25, -0.2) is 0 Å². The van der Waals surface area contributed by atoms with Crippen LogP contribution in [0.2, 0.25) is 0 Å². The Labute approximate surface area is 319 Å². The maximum atomic E-state index is 12.5. The molecule has 0 spiro atoms. The molecular formula is C38H72N6O9. The van der Waals surface area contributed by atoms with Gasteiger partial charge in [0.15, 0.2) is 0 Å². The molecule has 0 aromatic heterocycles. The molecule has 0 unspecified atom stereocenters. The summed E-state index contributed by atoms with van der Waals surface area (Å²) in [5.74, 6) is -1.02. The van der Waals surface area contributed by atoms with Crippen molar-refractivity contribution in [2.75, 3.05) is 159 Å². The summed E-state index contributed by atoms with van der Waals surface area (Å²) in [5.41, 5.74) is 0. The molecule has 53 heavy (non-hydrogen) atoms. The topological polar surface area (TPSA) is 134 Å². The molecule has 2 heterocycles. The SMILES string of the molecule is CCCOC(=O)CCN(CCCN1CCN(C)CC1)CCC(=O)OCCCCOC(=O)CCN(CCCN1CCN(C)CC1)CCC(=O)OCCOC. The van der Waals surface area contributed by atoms with Crippen molar-refractivity contribution in [2.24, 2.45) is 0 Å². The minimum Gasteiger partial charge on any atom is -0.466 e. The van der Waals surface area contributed by atoms with Crippen LogP contribution in [-0.2, 0) is 42.9 Å². The van der Waals surface area contributed by atoms with Gasteiger partial charge in [0.2, 0.25) is 0 Å². The van der Waals surface area contributed by atoms with Crippen molar-refractivity contribution in [2.45, 2.75) is 64.7 Å². The summed E-state index contributed by atoms with van der Waals surface area (Å²) < 4.78 is 26.3. The van der Waals surface area contributed by atoms with Crippen molar-refractivity contribution in [3.8, 4) is 0 Å². The van der Waals surface area contributed by atoms with Crippen LogP contribution in [0.4, 0.5) is 0 Å². The van der Waals surface area contributed by atoms with Gasteiger partial charge in [0.25, 0.3) is 0 Å². The number of esters is 4. The van der Waals surface area contributed by atoms with E-state index in [1.54, 1.807) is 7.11 Å². The standard InChI is InChI=1S/C38H72N6O9/c1-5-30-50-35(45)10-18-41(14-8-16-43-26-22-39(2)23-27-43)19-11-36(46)51-31-6-7-32-52-37(47)12-20-42(21-13-38(48)53-34-33-49-4)15-9-17-44-28-24-40(3)25-29-44/h5-34H2,1-4H3. The highest BCUT2D eigenvalue weighted by Crippen LogP contribution is 2.07. The molecule has 0 aliphatic carbocycles. The third-order valence-corrected chi connectivity index (χ3v) is 9.70. The number of nitrogens with zero attached hydrogens (tertiary/aromatic N) is 6. The quantitative estimate of drug-likeness (QED) is 0.0594. The summed E-state index contributed by atoms with van der Waals surface area (Å²) in [6.07, 6.45) is 4.98. The van der Waals surface area contributed by atoms with Crippen molar-refractivity contribution in [1.29, 1.82) is 0 Å². The average molecular weight is 757 g/mol. The smallest absolute Gasteiger partial charge is 0.307 e. The second-order valence-corrected chi connectivity index (χ2v) is 14.3. The van der Waals surface area contributed by atoms with Crippen LogP contribution in [0.1, 0.15) is 64.7 Å². The number of unbranched alkanes of at least 4 members (excludes halogenated alkanes) is 1. The van der Waals surface area contributed by atoms with E-state index in [0.29, 0.717) is 58.7 Å². The van der Waals surface area contributed by atoms with Crippen LogP contribution in [0.15, 0.2) is 0 Å². The Hall–Kier alpha value is -2.40. The van der Waals surface area contributed by atoms with Gasteiger partial charge >= 0.3 is 23.9 Å². The molecule has 2 saturated heterocycles. The predicted molar refractivity (Wildman–Crippen MR) is 204 cm³/mol. The molecular weight excluding hydrogens is 684 g/mol. The third kappa shape index (κ3) is 24.6. The Kier molecular flexibility index (Phi) is 26.4. The van der Waals surface area contributed by atoms with E-state index in [-0.39, 0.29) is 63.0 Å². The zero-order valence-electron chi connectivity index (χ0n) is 33.6. The lowest BCUT2D eigenvalue weighted by atomic mass is 10.2. The van der Waals surface area contributed by atoms with Gasteiger partial charge in [0.1, 0.15) is 6.61 Å². The molecule has 15 heteroatoms. The van der Waals surface area contributed by atoms with Gasteiger partial charge in [-0.3, -0.25) is 19.2 Å². The maximum absolute atomic E-state index is 12.5. The number of piperazine rings is 2.